The Morgan fingerprint density at radius 3 is 1.60 bits per heavy atom. The lowest BCUT2D eigenvalue weighted by Gasteiger charge is -2.26. The minimum atomic E-state index is -1.30. The number of nitrogens with zero attached hydrogens (tertiary/aromatic N) is 2. The Kier molecular flexibility index (Phi) is 29.9. The van der Waals surface area contributed by atoms with Crippen LogP contribution in [-0.4, -0.2) is 192 Å². The highest BCUT2D eigenvalue weighted by atomic mass is 32.2. The van der Waals surface area contributed by atoms with Crippen LogP contribution in [0.15, 0.2) is 0 Å². The van der Waals surface area contributed by atoms with Gasteiger partial charge in [0.2, 0.25) is 11.2 Å². The summed E-state index contributed by atoms with van der Waals surface area (Å²) in [5, 5.41) is 2.48. The number of methoxy groups -OCH3 is 5. The van der Waals surface area contributed by atoms with Gasteiger partial charge in [0.05, 0.1) is 114 Å². The van der Waals surface area contributed by atoms with E-state index in [0.717, 1.165) is 26.0 Å². The summed E-state index contributed by atoms with van der Waals surface area (Å²) in [6.07, 6.45) is -0.293. The largest absolute Gasteiger partial charge is 0.468 e. The number of rotatable bonds is 31. The summed E-state index contributed by atoms with van der Waals surface area (Å²) in [5.41, 5.74) is 0. The highest BCUT2D eigenvalue weighted by Crippen LogP contribution is 2.06. The number of hydrogen-bond donors (Lipinski definition) is 1. The average Bonchev–Trinajstić information content (AvgIpc) is 3.09. The van der Waals surface area contributed by atoms with Crippen molar-refractivity contribution < 1.29 is 71.3 Å². The minimum absolute atomic E-state index is 0.0940. The smallest absolute Gasteiger partial charge is 0.409 e. The maximum Gasteiger partial charge on any atom is 0.409 e. The van der Waals surface area contributed by atoms with Crippen molar-refractivity contribution in [2.45, 2.75) is 12.5 Å². The molecule has 0 rings (SSSR count). The normalized spacial score (nSPS) is 11.1. The summed E-state index contributed by atoms with van der Waals surface area (Å²) in [6.45, 7) is 4.74. The summed E-state index contributed by atoms with van der Waals surface area (Å²) in [5.74, 6) is -2.06. The average molecular weight is 716 g/mol. The van der Waals surface area contributed by atoms with Crippen LogP contribution in [0.3, 0.4) is 0 Å². The molecule has 280 valence electrons. The van der Waals surface area contributed by atoms with Crippen molar-refractivity contribution in [3.63, 3.8) is 0 Å². The van der Waals surface area contributed by atoms with Gasteiger partial charge in [0, 0.05) is 26.7 Å². The zero-order valence-corrected chi connectivity index (χ0v) is 29.5. The molecule has 48 heavy (non-hydrogen) atoms. The molecule has 0 unspecified atom stereocenters. The van der Waals surface area contributed by atoms with Gasteiger partial charge < -0.3 is 52.3 Å². The van der Waals surface area contributed by atoms with E-state index >= 15 is 0 Å². The molecule has 0 aromatic rings. The Hall–Kier alpha value is -2.62. The molecule has 0 heterocycles. The molecule has 0 fully saturated rings. The van der Waals surface area contributed by atoms with Gasteiger partial charge in [-0.2, -0.15) is 0 Å². The van der Waals surface area contributed by atoms with E-state index < -0.39 is 30.0 Å². The molecule has 0 aliphatic rings. The molecule has 0 bridgehead atoms. The Balaban J connectivity index is 4.36. The number of hydrogen-bond acceptors (Lipinski definition) is 18. The first-order valence-corrected chi connectivity index (χ1v) is 16.3. The summed E-state index contributed by atoms with van der Waals surface area (Å²) >= 11 is 0.946. The van der Waals surface area contributed by atoms with Crippen molar-refractivity contribution in [3.05, 3.63) is 0 Å². The van der Waals surface area contributed by atoms with Gasteiger partial charge >= 0.3 is 24.0 Å². The minimum Gasteiger partial charge on any atom is -0.468 e. The molecule has 0 atom stereocenters. The fourth-order valence-corrected chi connectivity index (χ4v) is 4.18. The molecule has 0 aliphatic carbocycles. The zero-order valence-electron chi connectivity index (χ0n) is 28.7. The fraction of sp³-hybridized carbons (Fsp3) is 0.828. The van der Waals surface area contributed by atoms with Gasteiger partial charge in [0.25, 0.3) is 0 Å². The van der Waals surface area contributed by atoms with Crippen LogP contribution in [-0.2, 0) is 66.5 Å². The van der Waals surface area contributed by atoms with Crippen LogP contribution < -0.4 is 5.32 Å². The fourth-order valence-electron chi connectivity index (χ4n) is 3.58. The lowest BCUT2D eigenvalue weighted by Crippen LogP contribution is -2.46. The van der Waals surface area contributed by atoms with E-state index in [4.69, 9.17) is 37.9 Å². The third-order valence-corrected chi connectivity index (χ3v) is 6.84. The first-order valence-electron chi connectivity index (χ1n) is 15.3. The first kappa shape index (κ1) is 45.4. The van der Waals surface area contributed by atoms with Crippen molar-refractivity contribution in [2.24, 2.45) is 0 Å². The quantitative estimate of drug-likeness (QED) is 0.0307. The monoisotopic (exact) mass is 715 g/mol. The van der Waals surface area contributed by atoms with Crippen molar-refractivity contribution in [1.82, 2.24) is 15.1 Å². The number of carbonyl (C=O) groups is 5. The molecule has 0 spiro atoms. The predicted molar refractivity (Wildman–Crippen MR) is 171 cm³/mol. The summed E-state index contributed by atoms with van der Waals surface area (Å²) in [7, 11) is 6.38. The van der Waals surface area contributed by atoms with Crippen LogP contribution in [0.2, 0.25) is 0 Å². The van der Waals surface area contributed by atoms with Gasteiger partial charge in [0.1, 0.15) is 0 Å². The topological polar surface area (TPSA) is 196 Å². The van der Waals surface area contributed by atoms with Gasteiger partial charge in [0.15, 0.2) is 0 Å². The first-order chi connectivity index (χ1) is 23.2. The molecule has 1 N–H and O–H groups in total. The van der Waals surface area contributed by atoms with Gasteiger partial charge in [-0.3, -0.25) is 19.8 Å². The van der Waals surface area contributed by atoms with Crippen molar-refractivity contribution in [2.75, 3.05) is 147 Å². The third kappa shape index (κ3) is 24.5. The lowest BCUT2D eigenvalue weighted by atomic mass is 10.2. The Morgan fingerprint density at radius 1 is 0.604 bits per heavy atom. The van der Waals surface area contributed by atoms with Crippen molar-refractivity contribution in [3.8, 4) is 0 Å². The standard InChI is InChI=1S/C29H53N3O15S/c1-38-11-12-43-13-14-44-15-16-45-17-18-46-19-20-47-23-48-25(34)22-31(21-24(33)39-2)9-10-32(29(37)42-5)8-6-7-30-26(27(35)40-3)28(36)41-4/h26,30H,6-23H2,1-5H3. The lowest BCUT2D eigenvalue weighted by molar-refractivity contribution is -0.155. The molecule has 0 aromatic heterocycles. The molecule has 0 aromatic carbocycles. The molecular formula is C29H53N3O15S. The Bertz CT molecular complexity index is 871. The number of thioether (sulfide) groups is 1. The van der Waals surface area contributed by atoms with E-state index in [0.29, 0.717) is 65.9 Å². The van der Waals surface area contributed by atoms with Gasteiger partial charge in [-0.1, -0.05) is 11.8 Å². The Labute approximate surface area is 286 Å². The highest BCUT2D eigenvalue weighted by molar-refractivity contribution is 8.13. The van der Waals surface area contributed by atoms with Crippen molar-refractivity contribution >= 4 is 40.9 Å². The van der Waals surface area contributed by atoms with Gasteiger partial charge in [-0.25, -0.2) is 14.4 Å². The van der Waals surface area contributed by atoms with Crippen LogP contribution in [0.1, 0.15) is 6.42 Å². The SMILES string of the molecule is COCCOCCOCCOCCOCCOCSC(=O)CN(CCN(CCCNC(C(=O)OC)C(=O)OC)C(=O)OC)CC(=O)OC. The molecular weight excluding hydrogens is 662 g/mol. The number of amides is 1. The highest BCUT2D eigenvalue weighted by Gasteiger charge is 2.28. The number of esters is 3. The van der Waals surface area contributed by atoms with Crippen LogP contribution in [0.5, 0.6) is 0 Å². The van der Waals surface area contributed by atoms with Crippen molar-refractivity contribution in [1.29, 1.82) is 0 Å². The van der Waals surface area contributed by atoms with E-state index in [9.17, 15) is 24.0 Å². The predicted octanol–water partition coefficient (Wildman–Crippen LogP) is -0.829. The van der Waals surface area contributed by atoms with E-state index in [1.165, 1.54) is 19.1 Å². The second kappa shape index (κ2) is 31.6. The van der Waals surface area contributed by atoms with Crippen LogP contribution in [0, 0.1) is 0 Å². The number of ether oxygens (including phenoxy) is 10. The second-order valence-corrected chi connectivity index (χ2v) is 10.5. The van der Waals surface area contributed by atoms with Crippen LogP contribution in [0.25, 0.3) is 0 Å². The van der Waals surface area contributed by atoms with E-state index in [1.807, 2.05) is 0 Å². The third-order valence-electron chi connectivity index (χ3n) is 6.10. The summed E-state index contributed by atoms with van der Waals surface area (Å²) in [4.78, 5) is 63.5. The number of carbonyl (C=O) groups excluding carboxylic acids is 5. The summed E-state index contributed by atoms with van der Waals surface area (Å²) in [6, 6.07) is -1.30. The molecule has 0 saturated heterocycles. The molecule has 19 heteroatoms. The Morgan fingerprint density at radius 2 is 1.12 bits per heavy atom. The second-order valence-electron chi connectivity index (χ2n) is 9.52. The van der Waals surface area contributed by atoms with Crippen LogP contribution >= 0.6 is 11.8 Å². The van der Waals surface area contributed by atoms with E-state index in [2.05, 4.69) is 14.8 Å². The molecule has 18 nitrogen and oxygen atoms in total. The molecule has 0 saturated carbocycles. The maximum atomic E-state index is 12.6. The van der Waals surface area contributed by atoms with Crippen LogP contribution in [0.4, 0.5) is 4.79 Å². The van der Waals surface area contributed by atoms with Gasteiger partial charge in [-0.15, -0.1) is 0 Å². The van der Waals surface area contributed by atoms with E-state index in [-0.39, 0.29) is 56.9 Å². The molecule has 1 amide bonds. The van der Waals surface area contributed by atoms with Gasteiger partial charge in [-0.05, 0) is 13.0 Å². The zero-order chi connectivity index (χ0) is 35.8. The maximum absolute atomic E-state index is 12.6. The summed E-state index contributed by atoms with van der Waals surface area (Å²) < 4.78 is 50.7. The molecule has 0 radical (unpaired) electrons. The number of nitrogens with one attached hydrogen (secondary N) is 1. The van der Waals surface area contributed by atoms with E-state index in [1.54, 1.807) is 12.0 Å². The molecule has 0 aliphatic heterocycles.